The number of anilines is 4. The highest BCUT2D eigenvalue weighted by molar-refractivity contribution is 5.73. The molecule has 5 rings (SSSR count). The number of piperidine rings is 1. The molecule has 2 aliphatic heterocycles. The molecule has 0 radical (unpaired) electrons. The highest BCUT2D eigenvalue weighted by Gasteiger charge is 2.31. The molecule has 1 saturated heterocycles. The van der Waals surface area contributed by atoms with Gasteiger partial charge in [-0.1, -0.05) is 0 Å². The van der Waals surface area contributed by atoms with Gasteiger partial charge in [0, 0.05) is 31.2 Å². The predicted molar refractivity (Wildman–Crippen MR) is 146 cm³/mol. The first-order valence-electron chi connectivity index (χ1n) is 13.2. The van der Waals surface area contributed by atoms with Gasteiger partial charge in [-0.05, 0) is 71.0 Å². The molecule has 1 unspecified atom stereocenters. The van der Waals surface area contributed by atoms with E-state index in [1.165, 1.54) is 0 Å². The van der Waals surface area contributed by atoms with Crippen LogP contribution in [0.15, 0.2) is 36.7 Å². The van der Waals surface area contributed by atoms with Crippen LogP contribution in [0.2, 0.25) is 0 Å². The highest BCUT2D eigenvalue weighted by Crippen LogP contribution is 2.41. The Morgan fingerprint density at radius 1 is 1.08 bits per heavy atom. The van der Waals surface area contributed by atoms with Crippen molar-refractivity contribution >= 4 is 23.1 Å². The summed E-state index contributed by atoms with van der Waals surface area (Å²) in [6.45, 7) is 6.76. The molecule has 1 fully saturated rings. The number of halogens is 3. The third kappa shape index (κ3) is 6.03. The molecular weight excluding hydrogens is 507 g/mol. The van der Waals surface area contributed by atoms with Gasteiger partial charge in [0.25, 0.3) is 6.36 Å². The van der Waals surface area contributed by atoms with E-state index in [2.05, 4.69) is 44.2 Å². The first kappa shape index (κ1) is 27.0. The Balaban J connectivity index is 1.33. The van der Waals surface area contributed by atoms with Crippen LogP contribution in [0.4, 0.5) is 36.3 Å². The molecule has 1 N–H and O–H groups in total. The fourth-order valence-electron chi connectivity index (χ4n) is 5.23. The molecule has 4 heterocycles. The Bertz CT molecular complexity index is 1300. The second-order valence-electron chi connectivity index (χ2n) is 10.7. The predicted octanol–water partition coefficient (Wildman–Crippen LogP) is 5.24. The van der Waals surface area contributed by atoms with E-state index >= 15 is 0 Å². The standard InChI is InChI=1S/C28H34F3N7O/c1-17(2)38-16-24(31)39-27-21(29)11-19(12-23(27)38)26-22(30)14-33-28(35-26)34-25-6-5-20(13-32-25)37-9-7-18(8-10-37)15-36(3)4/h5-6,11-14,17-18,24H,7-10,15-16H2,1-4H3,(H,32,33,34,35). The van der Waals surface area contributed by atoms with Gasteiger partial charge in [0.05, 0.1) is 30.3 Å². The fourth-order valence-corrected chi connectivity index (χ4v) is 5.23. The number of pyridine rings is 1. The Labute approximate surface area is 226 Å². The van der Waals surface area contributed by atoms with E-state index in [9.17, 15) is 13.2 Å². The molecule has 1 atom stereocenters. The summed E-state index contributed by atoms with van der Waals surface area (Å²) in [7, 11) is 4.22. The maximum Gasteiger partial charge on any atom is 0.256 e. The van der Waals surface area contributed by atoms with Crippen molar-refractivity contribution in [2.45, 2.75) is 39.1 Å². The van der Waals surface area contributed by atoms with Crippen LogP contribution in [0.5, 0.6) is 5.75 Å². The van der Waals surface area contributed by atoms with E-state index in [1.807, 2.05) is 26.0 Å². The number of nitrogens with zero attached hydrogens (tertiary/aromatic N) is 6. The Morgan fingerprint density at radius 3 is 2.51 bits per heavy atom. The van der Waals surface area contributed by atoms with Crippen LogP contribution in [0.3, 0.4) is 0 Å². The van der Waals surface area contributed by atoms with Crippen LogP contribution < -0.4 is 19.9 Å². The van der Waals surface area contributed by atoms with Crippen LogP contribution in [-0.4, -0.2) is 72.5 Å². The molecule has 0 amide bonds. The van der Waals surface area contributed by atoms with Gasteiger partial charge in [-0.2, -0.15) is 4.39 Å². The second-order valence-corrected chi connectivity index (χ2v) is 10.7. The summed E-state index contributed by atoms with van der Waals surface area (Å²) in [5.74, 6) is -0.354. The molecule has 0 spiro atoms. The van der Waals surface area contributed by atoms with Gasteiger partial charge in [-0.3, -0.25) is 0 Å². The number of rotatable bonds is 7. The lowest BCUT2D eigenvalue weighted by Crippen LogP contribution is -2.42. The van der Waals surface area contributed by atoms with Crippen molar-refractivity contribution in [1.82, 2.24) is 19.9 Å². The quantitative estimate of drug-likeness (QED) is 0.436. The smallest absolute Gasteiger partial charge is 0.256 e. The molecule has 11 heteroatoms. The number of ether oxygens (including phenoxy) is 1. The van der Waals surface area contributed by atoms with Crippen LogP contribution in [0.1, 0.15) is 26.7 Å². The first-order chi connectivity index (χ1) is 18.7. The van der Waals surface area contributed by atoms with E-state index in [-0.39, 0.29) is 35.5 Å². The van der Waals surface area contributed by atoms with E-state index in [1.54, 1.807) is 17.2 Å². The first-order valence-corrected chi connectivity index (χ1v) is 13.2. The minimum atomic E-state index is -1.65. The monoisotopic (exact) mass is 541 g/mol. The molecule has 8 nitrogen and oxygen atoms in total. The molecule has 3 aromatic rings. The van der Waals surface area contributed by atoms with Gasteiger partial charge < -0.3 is 24.8 Å². The number of aromatic nitrogens is 3. The van der Waals surface area contributed by atoms with E-state index < -0.39 is 18.0 Å². The Morgan fingerprint density at radius 2 is 1.85 bits per heavy atom. The van der Waals surface area contributed by atoms with E-state index in [0.29, 0.717) is 17.4 Å². The maximum absolute atomic E-state index is 15.0. The number of nitrogens with one attached hydrogen (secondary N) is 1. The minimum absolute atomic E-state index is 0.0532. The average molecular weight is 542 g/mol. The summed E-state index contributed by atoms with van der Waals surface area (Å²) >= 11 is 0. The summed E-state index contributed by atoms with van der Waals surface area (Å²) in [6.07, 6.45) is 3.46. The van der Waals surface area contributed by atoms with Crippen LogP contribution in [0.25, 0.3) is 11.3 Å². The molecular formula is C28H34F3N7O. The number of benzene rings is 1. The Hall–Kier alpha value is -3.60. The number of hydrogen-bond donors (Lipinski definition) is 1. The zero-order valence-electron chi connectivity index (χ0n) is 22.7. The SMILES string of the molecule is CC(C)N1CC(F)Oc2c(F)cc(-c3nc(Nc4ccc(N5CCC(CN(C)C)CC5)cn4)ncc3F)cc21. The third-order valence-electron chi connectivity index (χ3n) is 7.15. The van der Waals surface area contributed by atoms with Gasteiger partial charge in [0.2, 0.25) is 5.95 Å². The molecule has 0 saturated carbocycles. The van der Waals surface area contributed by atoms with Crippen molar-refractivity contribution in [3.63, 3.8) is 0 Å². The van der Waals surface area contributed by atoms with Gasteiger partial charge >= 0.3 is 0 Å². The summed E-state index contributed by atoms with van der Waals surface area (Å²) in [5, 5.41) is 3.01. The third-order valence-corrected chi connectivity index (χ3v) is 7.15. The van der Waals surface area contributed by atoms with Crippen molar-refractivity contribution in [3.8, 4) is 17.0 Å². The summed E-state index contributed by atoms with van der Waals surface area (Å²) in [4.78, 5) is 19.1. The normalized spacial score (nSPS) is 17.9. The molecule has 2 aliphatic rings. The van der Waals surface area contributed by atoms with Gasteiger partial charge in [-0.15, -0.1) is 0 Å². The van der Waals surface area contributed by atoms with Crippen LogP contribution in [-0.2, 0) is 0 Å². The van der Waals surface area contributed by atoms with Crippen molar-refractivity contribution in [2.75, 3.05) is 55.4 Å². The van der Waals surface area contributed by atoms with Crippen molar-refractivity contribution in [3.05, 3.63) is 48.3 Å². The molecule has 0 aliphatic carbocycles. The molecule has 39 heavy (non-hydrogen) atoms. The summed E-state index contributed by atoms with van der Waals surface area (Å²) in [6, 6.07) is 6.36. The van der Waals surface area contributed by atoms with Gasteiger partial charge in [-0.25, -0.2) is 23.7 Å². The number of fused-ring (bicyclic) bond motifs is 1. The molecule has 0 bridgehead atoms. The second kappa shape index (κ2) is 11.3. The molecule has 1 aromatic carbocycles. The van der Waals surface area contributed by atoms with Crippen molar-refractivity contribution in [1.29, 1.82) is 0 Å². The lowest BCUT2D eigenvalue weighted by atomic mass is 9.96. The van der Waals surface area contributed by atoms with Crippen LogP contribution in [0, 0.1) is 17.6 Å². The van der Waals surface area contributed by atoms with Crippen molar-refractivity contribution < 1.29 is 17.9 Å². The molecule has 208 valence electrons. The van der Waals surface area contributed by atoms with Crippen LogP contribution >= 0.6 is 0 Å². The summed E-state index contributed by atoms with van der Waals surface area (Å²) in [5.41, 5.74) is 1.50. The summed E-state index contributed by atoms with van der Waals surface area (Å²) < 4.78 is 48.9. The lowest BCUT2D eigenvalue weighted by molar-refractivity contribution is 0.0591. The fraction of sp³-hybridized carbons (Fsp3) is 0.464. The van der Waals surface area contributed by atoms with E-state index in [4.69, 9.17) is 4.74 Å². The van der Waals surface area contributed by atoms with Gasteiger partial charge in [0.1, 0.15) is 11.5 Å². The minimum Gasteiger partial charge on any atom is -0.453 e. The highest BCUT2D eigenvalue weighted by atomic mass is 19.1. The molecule has 2 aromatic heterocycles. The Kier molecular flexibility index (Phi) is 7.79. The number of hydrogen-bond acceptors (Lipinski definition) is 8. The van der Waals surface area contributed by atoms with E-state index in [0.717, 1.165) is 50.4 Å². The zero-order chi connectivity index (χ0) is 27.7. The van der Waals surface area contributed by atoms with Gasteiger partial charge in [0.15, 0.2) is 17.4 Å². The lowest BCUT2D eigenvalue weighted by Gasteiger charge is -2.36. The maximum atomic E-state index is 15.0. The van der Waals surface area contributed by atoms with Crippen molar-refractivity contribution in [2.24, 2.45) is 5.92 Å². The average Bonchev–Trinajstić information content (AvgIpc) is 2.90. The zero-order valence-corrected chi connectivity index (χ0v) is 22.7. The largest absolute Gasteiger partial charge is 0.453 e. The number of alkyl halides is 1. The topological polar surface area (TPSA) is 69.7 Å².